The van der Waals surface area contributed by atoms with E-state index in [1.54, 1.807) is 17.8 Å². The van der Waals surface area contributed by atoms with Gasteiger partial charge in [-0.1, -0.05) is 48.5 Å². The van der Waals surface area contributed by atoms with E-state index in [1.165, 1.54) is 11.6 Å². The molecule has 0 unspecified atom stereocenters. The molecule has 2 aromatic carbocycles. The summed E-state index contributed by atoms with van der Waals surface area (Å²) in [5, 5.41) is 1.03. The number of thioether (sulfide) groups is 1. The summed E-state index contributed by atoms with van der Waals surface area (Å²) in [6.07, 6.45) is 0.598. The fourth-order valence-corrected chi connectivity index (χ4v) is 3.25. The molecule has 3 heteroatoms. The van der Waals surface area contributed by atoms with Crippen molar-refractivity contribution in [2.24, 2.45) is 4.99 Å². The molecule has 1 aliphatic rings. The Bertz CT molecular complexity index is 595. The first-order chi connectivity index (χ1) is 9.33. The van der Waals surface area contributed by atoms with Crippen molar-refractivity contribution in [1.29, 1.82) is 0 Å². The maximum Gasteiger partial charge on any atom is 0.126 e. The van der Waals surface area contributed by atoms with Crippen molar-refractivity contribution in [3.63, 3.8) is 0 Å². The second-order valence-electron chi connectivity index (χ2n) is 4.53. The molecular weight excluding hydrogens is 257 g/mol. The van der Waals surface area contributed by atoms with E-state index in [2.05, 4.69) is 12.1 Å². The maximum atomic E-state index is 13.6. The molecule has 0 spiro atoms. The van der Waals surface area contributed by atoms with Crippen LogP contribution in [0.3, 0.4) is 0 Å². The minimum atomic E-state index is -0.144. The van der Waals surface area contributed by atoms with E-state index in [9.17, 15) is 4.39 Å². The third-order valence-electron chi connectivity index (χ3n) is 3.19. The Morgan fingerprint density at radius 1 is 1.05 bits per heavy atom. The summed E-state index contributed by atoms with van der Waals surface area (Å²) in [6.45, 7) is 0. The highest BCUT2D eigenvalue weighted by Crippen LogP contribution is 2.31. The molecule has 0 fully saturated rings. The largest absolute Gasteiger partial charge is 0.274 e. The highest BCUT2D eigenvalue weighted by molar-refractivity contribution is 8.14. The van der Waals surface area contributed by atoms with Gasteiger partial charge in [0.2, 0.25) is 0 Å². The molecule has 1 heterocycles. The predicted molar refractivity (Wildman–Crippen MR) is 79.2 cm³/mol. The Morgan fingerprint density at radius 3 is 2.58 bits per heavy atom. The van der Waals surface area contributed by atoms with Gasteiger partial charge in [0.1, 0.15) is 5.82 Å². The van der Waals surface area contributed by atoms with Crippen LogP contribution in [0.5, 0.6) is 0 Å². The highest BCUT2D eigenvalue weighted by Gasteiger charge is 2.20. The van der Waals surface area contributed by atoms with E-state index in [0.29, 0.717) is 6.42 Å². The second-order valence-corrected chi connectivity index (χ2v) is 5.62. The van der Waals surface area contributed by atoms with Crippen molar-refractivity contribution in [3.8, 4) is 0 Å². The molecule has 96 valence electrons. The first-order valence-corrected chi connectivity index (χ1v) is 7.29. The summed E-state index contributed by atoms with van der Waals surface area (Å²) in [5.41, 5.74) is 1.96. The Kier molecular flexibility index (Phi) is 3.65. The maximum absolute atomic E-state index is 13.6. The molecule has 0 saturated heterocycles. The predicted octanol–water partition coefficient (Wildman–Crippen LogP) is 4.25. The van der Waals surface area contributed by atoms with Crippen LogP contribution in [0.25, 0.3) is 0 Å². The molecule has 0 amide bonds. The van der Waals surface area contributed by atoms with Crippen LogP contribution >= 0.6 is 11.8 Å². The van der Waals surface area contributed by atoms with Gasteiger partial charge in [0, 0.05) is 12.2 Å². The van der Waals surface area contributed by atoms with E-state index in [4.69, 9.17) is 4.99 Å². The van der Waals surface area contributed by atoms with Gasteiger partial charge >= 0.3 is 0 Å². The van der Waals surface area contributed by atoms with Crippen LogP contribution in [-0.2, 0) is 6.42 Å². The van der Waals surface area contributed by atoms with Gasteiger partial charge < -0.3 is 0 Å². The lowest BCUT2D eigenvalue weighted by atomic mass is 10.1. The van der Waals surface area contributed by atoms with Crippen molar-refractivity contribution in [2.75, 3.05) is 5.75 Å². The van der Waals surface area contributed by atoms with Crippen molar-refractivity contribution >= 4 is 16.8 Å². The van der Waals surface area contributed by atoms with Crippen LogP contribution in [0.2, 0.25) is 0 Å². The number of halogens is 1. The Morgan fingerprint density at radius 2 is 1.79 bits per heavy atom. The van der Waals surface area contributed by atoms with E-state index >= 15 is 0 Å². The van der Waals surface area contributed by atoms with Crippen molar-refractivity contribution in [2.45, 2.75) is 12.5 Å². The monoisotopic (exact) mass is 271 g/mol. The zero-order valence-corrected chi connectivity index (χ0v) is 11.2. The third-order valence-corrected chi connectivity index (χ3v) is 4.26. The molecule has 19 heavy (non-hydrogen) atoms. The fraction of sp³-hybridized carbons (Fsp3) is 0.188. The van der Waals surface area contributed by atoms with Gasteiger partial charge in [-0.15, -0.1) is 11.8 Å². The Labute approximate surface area is 116 Å². The zero-order valence-electron chi connectivity index (χ0n) is 10.4. The number of aliphatic imine (C=N–C) groups is 1. The first-order valence-electron chi connectivity index (χ1n) is 6.31. The summed E-state index contributed by atoms with van der Waals surface area (Å²) < 4.78 is 13.6. The van der Waals surface area contributed by atoms with E-state index < -0.39 is 0 Å². The topological polar surface area (TPSA) is 12.4 Å². The summed E-state index contributed by atoms with van der Waals surface area (Å²) >= 11 is 1.73. The van der Waals surface area contributed by atoms with Gasteiger partial charge in [0.05, 0.1) is 11.1 Å². The number of benzene rings is 2. The second kappa shape index (κ2) is 5.57. The normalized spacial score (nSPS) is 18.4. The standard InChI is InChI=1S/C16H14FNS/c17-14-9-5-4-8-13(14)10-16-18-15(11-19-16)12-6-2-1-3-7-12/h1-9,15H,10-11H2/t15-/m1/s1. The molecule has 0 N–H and O–H groups in total. The van der Waals surface area contributed by atoms with Crippen molar-refractivity contribution < 1.29 is 4.39 Å². The summed E-state index contributed by atoms with van der Waals surface area (Å²) in [5.74, 6) is 0.808. The third kappa shape index (κ3) is 2.87. The van der Waals surface area contributed by atoms with Crippen LogP contribution in [0.15, 0.2) is 59.6 Å². The van der Waals surface area contributed by atoms with Gasteiger partial charge in [-0.05, 0) is 17.2 Å². The average molecular weight is 271 g/mol. The molecular formula is C16H14FNS. The van der Waals surface area contributed by atoms with Crippen LogP contribution in [0.1, 0.15) is 17.2 Å². The number of nitrogens with zero attached hydrogens (tertiary/aromatic N) is 1. The SMILES string of the molecule is Fc1ccccc1CC1=N[C@@H](c2ccccc2)CS1. The summed E-state index contributed by atoms with van der Waals surface area (Å²) in [6, 6.07) is 17.4. The molecule has 1 aliphatic heterocycles. The molecule has 0 aliphatic carbocycles. The number of hydrogen-bond acceptors (Lipinski definition) is 2. The zero-order chi connectivity index (χ0) is 13.1. The molecule has 0 radical (unpaired) electrons. The molecule has 0 saturated carbocycles. The molecule has 3 rings (SSSR count). The lowest BCUT2D eigenvalue weighted by Crippen LogP contribution is -1.98. The molecule has 1 nitrogen and oxygen atoms in total. The van der Waals surface area contributed by atoms with E-state index in [1.807, 2.05) is 30.3 Å². The summed E-state index contributed by atoms with van der Waals surface area (Å²) in [7, 11) is 0. The molecule has 0 bridgehead atoms. The lowest BCUT2D eigenvalue weighted by molar-refractivity contribution is 0.616. The lowest BCUT2D eigenvalue weighted by Gasteiger charge is -2.04. The van der Waals surface area contributed by atoms with Crippen LogP contribution < -0.4 is 0 Å². The minimum Gasteiger partial charge on any atom is -0.274 e. The van der Waals surface area contributed by atoms with Crippen molar-refractivity contribution in [1.82, 2.24) is 0 Å². The van der Waals surface area contributed by atoms with Gasteiger partial charge in [-0.2, -0.15) is 0 Å². The molecule has 1 atom stereocenters. The Balaban J connectivity index is 1.76. The number of rotatable bonds is 3. The molecule has 2 aromatic rings. The van der Waals surface area contributed by atoms with Crippen LogP contribution in [0, 0.1) is 5.82 Å². The van der Waals surface area contributed by atoms with Gasteiger partial charge in [0.25, 0.3) is 0 Å². The van der Waals surface area contributed by atoms with E-state index in [0.717, 1.165) is 16.4 Å². The van der Waals surface area contributed by atoms with Crippen LogP contribution in [0.4, 0.5) is 4.39 Å². The van der Waals surface area contributed by atoms with Crippen molar-refractivity contribution in [3.05, 3.63) is 71.5 Å². The first kappa shape index (κ1) is 12.4. The minimum absolute atomic E-state index is 0.144. The smallest absolute Gasteiger partial charge is 0.126 e. The van der Waals surface area contributed by atoms with Gasteiger partial charge in [0.15, 0.2) is 0 Å². The van der Waals surface area contributed by atoms with Crippen LogP contribution in [-0.4, -0.2) is 10.8 Å². The molecule has 0 aromatic heterocycles. The van der Waals surface area contributed by atoms with E-state index in [-0.39, 0.29) is 11.9 Å². The summed E-state index contributed by atoms with van der Waals surface area (Å²) in [4.78, 5) is 4.71. The van der Waals surface area contributed by atoms with Gasteiger partial charge in [-0.25, -0.2) is 4.39 Å². The Hall–Kier alpha value is -1.61. The highest BCUT2D eigenvalue weighted by atomic mass is 32.2. The average Bonchev–Trinajstić information content (AvgIpc) is 2.91. The van der Waals surface area contributed by atoms with Gasteiger partial charge in [-0.3, -0.25) is 4.99 Å². The number of hydrogen-bond donors (Lipinski definition) is 0. The fourth-order valence-electron chi connectivity index (χ4n) is 2.17. The quantitative estimate of drug-likeness (QED) is 0.812.